The van der Waals surface area contributed by atoms with Crippen molar-refractivity contribution in [1.29, 1.82) is 0 Å². The van der Waals surface area contributed by atoms with Gasteiger partial charge in [0, 0.05) is 5.39 Å². The number of nitrogens with zero attached hydrogens (tertiary/aromatic N) is 1. The highest BCUT2D eigenvalue weighted by molar-refractivity contribution is 5.74. The maximum Gasteiger partial charge on any atom is 0.190 e. The Morgan fingerprint density at radius 1 is 1.27 bits per heavy atom. The van der Waals surface area contributed by atoms with E-state index in [1.54, 1.807) is 12.3 Å². The van der Waals surface area contributed by atoms with E-state index in [0.29, 0.717) is 5.58 Å². The van der Waals surface area contributed by atoms with E-state index >= 15 is 0 Å². The molecule has 56 valence electrons. The van der Waals surface area contributed by atoms with Crippen molar-refractivity contribution in [2.75, 3.05) is 0 Å². The molecule has 2 aromatic rings. The zero-order valence-corrected chi connectivity index (χ0v) is 5.65. The number of hydrogen-bond acceptors (Lipinski definition) is 3. The van der Waals surface area contributed by atoms with Gasteiger partial charge in [0.25, 0.3) is 0 Å². The molecule has 0 spiro atoms. The third-order valence-electron chi connectivity index (χ3n) is 1.34. The van der Waals surface area contributed by atoms with Crippen molar-refractivity contribution in [2.45, 2.75) is 0 Å². The van der Waals surface area contributed by atoms with Gasteiger partial charge in [-0.3, -0.25) is 4.58 Å². The van der Waals surface area contributed by atoms with Gasteiger partial charge in [-0.25, -0.2) is 0 Å². The molecule has 0 radical (unpaired) electrons. The van der Waals surface area contributed by atoms with E-state index in [9.17, 15) is 0 Å². The van der Waals surface area contributed by atoms with Crippen LogP contribution in [0.15, 0.2) is 39.7 Å². The first-order chi connectivity index (χ1) is 5.47. The van der Waals surface area contributed by atoms with E-state index in [2.05, 4.69) is 15.1 Å². The summed E-state index contributed by atoms with van der Waals surface area (Å²) in [6.45, 7) is 0. The summed E-state index contributed by atoms with van der Waals surface area (Å²) >= 11 is 0. The second kappa shape index (κ2) is 2.49. The normalized spacial score (nSPS) is 9.82. The van der Waals surface area contributed by atoms with Crippen LogP contribution in [0.5, 0.6) is 0 Å². The van der Waals surface area contributed by atoms with Crippen molar-refractivity contribution in [1.82, 2.24) is 10.4 Å². The minimum Gasteiger partial charge on any atom is -0.267 e. The molecule has 1 aromatic carbocycles. The average Bonchev–Trinajstić information content (AvgIpc) is 2.28. The lowest BCUT2D eigenvalue weighted by Crippen LogP contribution is -1.65. The summed E-state index contributed by atoms with van der Waals surface area (Å²) in [7, 11) is 0. The van der Waals surface area contributed by atoms with Gasteiger partial charge >= 0.3 is 0 Å². The topological polar surface area (TPSA) is 55.0 Å². The summed E-state index contributed by atoms with van der Waals surface area (Å²) in [5.74, 6) is 0. The van der Waals surface area contributed by atoms with Crippen molar-refractivity contribution in [3.8, 4) is 0 Å². The Bertz CT molecular complexity index is 348. The van der Waals surface area contributed by atoms with Crippen molar-refractivity contribution in [2.24, 2.45) is 0 Å². The number of aromatic amines is 1. The Labute approximate surface area is 62.0 Å². The number of hydrogen-bond donors (Lipinski definition) is 1. The summed E-state index contributed by atoms with van der Waals surface area (Å²) in [6.07, 6.45) is 1.63. The van der Waals surface area contributed by atoms with Gasteiger partial charge in [-0.2, -0.15) is 4.68 Å². The molecule has 0 amide bonds. The van der Waals surface area contributed by atoms with Crippen LogP contribution in [0.2, 0.25) is 0 Å². The Morgan fingerprint density at radius 3 is 3.18 bits per heavy atom. The minimum absolute atomic E-state index is 0.654. The molecule has 0 aliphatic rings. The van der Waals surface area contributed by atoms with Gasteiger partial charge in [-0.1, -0.05) is 17.4 Å². The monoisotopic (exact) mass is 150 g/mol. The SMILES string of the molecule is c1ccc2oo[nH]ncc2c1. The lowest BCUT2D eigenvalue weighted by molar-refractivity contribution is -0.00212. The Kier molecular flexibility index (Phi) is 1.37. The molecule has 11 heavy (non-hydrogen) atoms. The highest BCUT2D eigenvalue weighted by Crippen LogP contribution is 2.08. The molecule has 1 aromatic heterocycles. The first kappa shape index (κ1) is 6.03. The van der Waals surface area contributed by atoms with Crippen molar-refractivity contribution >= 4 is 11.0 Å². The molecule has 0 bridgehead atoms. The third-order valence-corrected chi connectivity index (χ3v) is 1.34. The molecule has 0 atom stereocenters. The first-order valence-electron chi connectivity index (χ1n) is 3.17. The maximum absolute atomic E-state index is 4.81. The minimum atomic E-state index is 0.654. The maximum atomic E-state index is 4.81. The number of H-pyrrole nitrogens is 1. The number of aromatic nitrogens is 2. The smallest absolute Gasteiger partial charge is 0.190 e. The number of nitrogens with one attached hydrogen (secondary N) is 1. The van der Waals surface area contributed by atoms with Gasteiger partial charge in [0.05, 0.1) is 6.20 Å². The Morgan fingerprint density at radius 2 is 2.18 bits per heavy atom. The Hall–Kier alpha value is -1.71. The number of para-hydroxylation sites is 1. The van der Waals surface area contributed by atoms with Crippen LogP contribution in [0.25, 0.3) is 11.0 Å². The van der Waals surface area contributed by atoms with Crippen LogP contribution in [0.4, 0.5) is 0 Å². The highest BCUT2D eigenvalue weighted by Gasteiger charge is 1.89. The zero-order chi connectivity index (χ0) is 7.52. The van der Waals surface area contributed by atoms with Crippen LogP contribution >= 0.6 is 0 Å². The van der Waals surface area contributed by atoms with Crippen molar-refractivity contribution < 1.29 is 9.26 Å². The molecule has 2 rings (SSSR count). The van der Waals surface area contributed by atoms with E-state index in [0.717, 1.165) is 5.39 Å². The summed E-state index contributed by atoms with van der Waals surface area (Å²) in [4.78, 5) is 0. The molecular weight excluding hydrogens is 144 g/mol. The van der Waals surface area contributed by atoms with Crippen molar-refractivity contribution in [3.05, 3.63) is 30.5 Å². The van der Waals surface area contributed by atoms with E-state index in [1.165, 1.54) is 0 Å². The zero-order valence-electron chi connectivity index (χ0n) is 5.65. The van der Waals surface area contributed by atoms with Crippen LogP contribution < -0.4 is 0 Å². The summed E-state index contributed by atoms with van der Waals surface area (Å²) < 4.78 is 9.29. The Balaban J connectivity index is 2.90. The van der Waals surface area contributed by atoms with Gasteiger partial charge in [0.2, 0.25) is 0 Å². The molecular formula is C7H6N2O2. The van der Waals surface area contributed by atoms with E-state index < -0.39 is 0 Å². The molecule has 1 heterocycles. The fourth-order valence-electron chi connectivity index (χ4n) is 0.844. The van der Waals surface area contributed by atoms with E-state index in [4.69, 9.17) is 4.58 Å². The summed E-state index contributed by atoms with van der Waals surface area (Å²) in [5.41, 5.74) is 0.654. The van der Waals surface area contributed by atoms with Crippen molar-refractivity contribution in [3.63, 3.8) is 0 Å². The van der Waals surface area contributed by atoms with Crippen LogP contribution in [0, 0.1) is 0 Å². The van der Waals surface area contributed by atoms with Gasteiger partial charge < -0.3 is 0 Å². The molecule has 0 fully saturated rings. The lowest BCUT2D eigenvalue weighted by atomic mass is 10.3. The molecule has 0 aliphatic carbocycles. The van der Waals surface area contributed by atoms with Crippen LogP contribution in [0.1, 0.15) is 0 Å². The molecule has 4 heteroatoms. The van der Waals surface area contributed by atoms with Crippen LogP contribution in [-0.4, -0.2) is 10.4 Å². The first-order valence-corrected chi connectivity index (χ1v) is 3.17. The average molecular weight is 150 g/mol. The van der Waals surface area contributed by atoms with E-state index in [1.807, 2.05) is 18.2 Å². The largest absolute Gasteiger partial charge is 0.267 e. The fraction of sp³-hybridized carbons (Fsp3) is 0. The molecule has 0 unspecified atom stereocenters. The molecule has 0 saturated heterocycles. The quantitative estimate of drug-likeness (QED) is 0.583. The number of rotatable bonds is 0. The van der Waals surface area contributed by atoms with Crippen LogP contribution in [-0.2, 0) is 0 Å². The molecule has 1 N–H and O–H groups in total. The van der Waals surface area contributed by atoms with Gasteiger partial charge in [0.15, 0.2) is 5.58 Å². The predicted octanol–water partition coefficient (Wildman–Crippen LogP) is 1.87. The predicted molar refractivity (Wildman–Crippen MR) is 38.3 cm³/mol. The molecule has 0 aliphatic heterocycles. The van der Waals surface area contributed by atoms with Gasteiger partial charge in [0.1, 0.15) is 0 Å². The second-order valence-corrected chi connectivity index (χ2v) is 2.05. The van der Waals surface area contributed by atoms with Gasteiger partial charge in [-0.05, 0) is 12.1 Å². The molecule has 0 saturated carbocycles. The fourth-order valence-corrected chi connectivity index (χ4v) is 0.844. The lowest BCUT2D eigenvalue weighted by Gasteiger charge is -1.83. The third kappa shape index (κ3) is 1.10. The number of benzene rings is 1. The highest BCUT2D eigenvalue weighted by atomic mass is 17.0. The van der Waals surface area contributed by atoms with Crippen LogP contribution in [0.3, 0.4) is 0 Å². The second-order valence-electron chi connectivity index (χ2n) is 2.05. The summed E-state index contributed by atoms with van der Waals surface area (Å²) in [6, 6.07) is 7.45. The summed E-state index contributed by atoms with van der Waals surface area (Å²) in [5, 5.41) is 6.82. The van der Waals surface area contributed by atoms with E-state index in [-0.39, 0.29) is 0 Å². The van der Waals surface area contributed by atoms with Gasteiger partial charge in [-0.15, -0.1) is 5.10 Å². The molecule has 4 nitrogen and oxygen atoms in total. The standard InChI is InChI=1S/C7H6N2O2/c1-2-4-7-6(3-1)5-8-9-11-10-7/h1-5,9H. The number of fused-ring (bicyclic) bond motifs is 1.